The zero-order valence-electron chi connectivity index (χ0n) is 12.6. The molecule has 0 bridgehead atoms. The number of fused-ring (bicyclic) bond motifs is 1. The summed E-state index contributed by atoms with van der Waals surface area (Å²) in [6, 6.07) is 10.4. The quantitative estimate of drug-likeness (QED) is 0.755. The molecule has 21 heavy (non-hydrogen) atoms. The van der Waals surface area contributed by atoms with Crippen LogP contribution in [0.5, 0.6) is 0 Å². The molecule has 0 radical (unpaired) electrons. The molecule has 1 aromatic carbocycles. The Bertz CT molecular complexity index is 725. The lowest BCUT2D eigenvalue weighted by atomic mass is 10.2. The molecular formula is C16H21N5. The first kappa shape index (κ1) is 13.8. The molecule has 0 spiro atoms. The van der Waals surface area contributed by atoms with Crippen molar-refractivity contribution in [2.24, 2.45) is 0 Å². The van der Waals surface area contributed by atoms with E-state index in [1.54, 1.807) is 0 Å². The van der Waals surface area contributed by atoms with Crippen LogP contribution in [0.3, 0.4) is 0 Å². The molecule has 0 amide bonds. The van der Waals surface area contributed by atoms with Gasteiger partial charge in [-0.3, -0.25) is 9.36 Å². The Morgan fingerprint density at radius 1 is 1.10 bits per heavy atom. The van der Waals surface area contributed by atoms with Gasteiger partial charge in [0.1, 0.15) is 0 Å². The van der Waals surface area contributed by atoms with Crippen LogP contribution in [0.15, 0.2) is 36.5 Å². The van der Waals surface area contributed by atoms with Crippen LogP contribution in [0.2, 0.25) is 0 Å². The molecule has 0 fully saturated rings. The van der Waals surface area contributed by atoms with E-state index in [2.05, 4.69) is 59.3 Å². The molecule has 0 aliphatic rings. The molecule has 3 rings (SSSR count). The van der Waals surface area contributed by atoms with Crippen LogP contribution in [0, 0.1) is 0 Å². The van der Waals surface area contributed by atoms with Gasteiger partial charge in [-0.15, -0.1) is 0 Å². The Morgan fingerprint density at radius 2 is 1.95 bits per heavy atom. The van der Waals surface area contributed by atoms with Crippen molar-refractivity contribution >= 4 is 10.9 Å². The Balaban J connectivity index is 1.93. The molecule has 1 N–H and O–H groups in total. The van der Waals surface area contributed by atoms with Gasteiger partial charge in [0, 0.05) is 24.7 Å². The molecule has 0 unspecified atom stereocenters. The van der Waals surface area contributed by atoms with Crippen LogP contribution in [0.25, 0.3) is 10.9 Å². The maximum absolute atomic E-state index is 4.74. The van der Waals surface area contributed by atoms with Crippen LogP contribution in [0.1, 0.15) is 25.2 Å². The van der Waals surface area contributed by atoms with E-state index in [0.717, 1.165) is 25.3 Å². The fourth-order valence-electron chi connectivity index (χ4n) is 2.60. The van der Waals surface area contributed by atoms with Gasteiger partial charge >= 0.3 is 0 Å². The van der Waals surface area contributed by atoms with Crippen LogP contribution in [-0.2, 0) is 19.6 Å². The molecule has 0 saturated carbocycles. The topological polar surface area (TPSA) is 47.7 Å². The molecule has 0 atom stereocenters. The number of aromatic nitrogens is 4. The second-order valence-corrected chi connectivity index (χ2v) is 5.04. The van der Waals surface area contributed by atoms with Crippen LogP contribution >= 0.6 is 0 Å². The average Bonchev–Trinajstić information content (AvgIpc) is 3.10. The number of nitrogens with zero attached hydrogens (tertiary/aromatic N) is 4. The predicted octanol–water partition coefficient (Wildman–Crippen LogP) is 2.41. The average molecular weight is 283 g/mol. The van der Waals surface area contributed by atoms with Crippen molar-refractivity contribution in [1.29, 1.82) is 0 Å². The van der Waals surface area contributed by atoms with Gasteiger partial charge in [0.25, 0.3) is 0 Å². The molecule has 5 heteroatoms. The summed E-state index contributed by atoms with van der Waals surface area (Å²) in [5, 5.41) is 13.7. The maximum atomic E-state index is 4.74. The van der Waals surface area contributed by atoms with Crippen molar-refractivity contribution in [2.75, 3.05) is 6.54 Å². The number of aryl methyl sites for hydroxylation is 1. The Hall–Kier alpha value is -2.14. The summed E-state index contributed by atoms with van der Waals surface area (Å²) in [5.41, 5.74) is 3.45. The molecule has 0 aliphatic carbocycles. The normalized spacial score (nSPS) is 11.3. The van der Waals surface area contributed by atoms with E-state index >= 15 is 0 Å². The SMILES string of the molecule is CCNCc1ccnn1Cc1nn(CC)c2ccccc12. The Labute approximate surface area is 124 Å². The van der Waals surface area contributed by atoms with Gasteiger partial charge in [0.15, 0.2) is 0 Å². The van der Waals surface area contributed by atoms with Gasteiger partial charge in [-0.2, -0.15) is 10.2 Å². The molecule has 5 nitrogen and oxygen atoms in total. The smallest absolute Gasteiger partial charge is 0.0918 e. The lowest BCUT2D eigenvalue weighted by Crippen LogP contribution is -2.16. The minimum Gasteiger partial charge on any atom is -0.311 e. The third-order valence-corrected chi connectivity index (χ3v) is 3.69. The lowest BCUT2D eigenvalue weighted by Gasteiger charge is -2.06. The highest BCUT2D eigenvalue weighted by atomic mass is 15.3. The standard InChI is InChI=1S/C16H21N5/c1-3-17-11-13-9-10-18-21(13)12-15-14-7-5-6-8-16(14)20(4-2)19-15/h5-10,17H,3-4,11-12H2,1-2H3. The first-order valence-electron chi connectivity index (χ1n) is 7.49. The first-order valence-corrected chi connectivity index (χ1v) is 7.49. The number of rotatable bonds is 6. The number of hydrogen-bond donors (Lipinski definition) is 1. The zero-order chi connectivity index (χ0) is 14.7. The molecule has 3 aromatic rings. The third kappa shape index (κ3) is 2.69. The molecule has 2 heterocycles. The monoisotopic (exact) mass is 283 g/mol. The predicted molar refractivity (Wildman–Crippen MR) is 84.1 cm³/mol. The summed E-state index contributed by atoms with van der Waals surface area (Å²) in [6.45, 7) is 7.61. The number of benzene rings is 1. The van der Waals surface area contributed by atoms with Gasteiger partial charge < -0.3 is 5.32 Å². The summed E-state index contributed by atoms with van der Waals surface area (Å²) in [7, 11) is 0. The first-order chi connectivity index (χ1) is 10.3. The van der Waals surface area contributed by atoms with Crippen molar-refractivity contribution in [1.82, 2.24) is 24.9 Å². The Morgan fingerprint density at radius 3 is 2.76 bits per heavy atom. The van der Waals surface area contributed by atoms with E-state index < -0.39 is 0 Å². The van der Waals surface area contributed by atoms with Gasteiger partial charge in [-0.05, 0) is 25.6 Å². The molecule has 0 aliphatic heterocycles. The van der Waals surface area contributed by atoms with Crippen molar-refractivity contribution in [3.8, 4) is 0 Å². The fourth-order valence-corrected chi connectivity index (χ4v) is 2.60. The van der Waals surface area contributed by atoms with E-state index in [0.29, 0.717) is 6.54 Å². The highest BCUT2D eigenvalue weighted by Gasteiger charge is 2.11. The molecule has 0 saturated heterocycles. The third-order valence-electron chi connectivity index (χ3n) is 3.69. The highest BCUT2D eigenvalue weighted by Crippen LogP contribution is 2.19. The summed E-state index contributed by atoms with van der Waals surface area (Å²) >= 11 is 0. The van der Waals surface area contributed by atoms with Gasteiger partial charge in [0.2, 0.25) is 0 Å². The fraction of sp³-hybridized carbons (Fsp3) is 0.375. The summed E-state index contributed by atoms with van der Waals surface area (Å²) in [6.07, 6.45) is 1.85. The molecule has 2 aromatic heterocycles. The minimum absolute atomic E-state index is 0.710. The van der Waals surface area contributed by atoms with Crippen molar-refractivity contribution < 1.29 is 0 Å². The van der Waals surface area contributed by atoms with Crippen molar-refractivity contribution in [2.45, 2.75) is 33.5 Å². The Kier molecular flexibility index (Phi) is 4.01. The van der Waals surface area contributed by atoms with Crippen molar-refractivity contribution in [3.05, 3.63) is 47.9 Å². The zero-order valence-corrected chi connectivity index (χ0v) is 12.6. The molecule has 110 valence electrons. The number of hydrogen-bond acceptors (Lipinski definition) is 3. The maximum Gasteiger partial charge on any atom is 0.0918 e. The van der Waals surface area contributed by atoms with E-state index in [9.17, 15) is 0 Å². The minimum atomic E-state index is 0.710. The van der Waals surface area contributed by atoms with Gasteiger partial charge in [-0.1, -0.05) is 25.1 Å². The van der Waals surface area contributed by atoms with Crippen molar-refractivity contribution in [3.63, 3.8) is 0 Å². The van der Waals surface area contributed by atoms with E-state index in [4.69, 9.17) is 5.10 Å². The largest absolute Gasteiger partial charge is 0.311 e. The second-order valence-electron chi connectivity index (χ2n) is 5.04. The summed E-state index contributed by atoms with van der Waals surface area (Å²) < 4.78 is 4.08. The van der Waals surface area contributed by atoms with Crippen LogP contribution in [0.4, 0.5) is 0 Å². The van der Waals surface area contributed by atoms with Crippen LogP contribution in [-0.4, -0.2) is 26.1 Å². The van der Waals surface area contributed by atoms with Gasteiger partial charge in [-0.25, -0.2) is 0 Å². The van der Waals surface area contributed by atoms with E-state index in [1.807, 2.05) is 10.9 Å². The number of nitrogens with one attached hydrogen (secondary N) is 1. The van der Waals surface area contributed by atoms with Crippen LogP contribution < -0.4 is 5.32 Å². The lowest BCUT2D eigenvalue weighted by molar-refractivity contribution is 0.586. The summed E-state index contributed by atoms with van der Waals surface area (Å²) in [4.78, 5) is 0. The highest BCUT2D eigenvalue weighted by molar-refractivity contribution is 5.81. The second kappa shape index (κ2) is 6.10. The van der Waals surface area contributed by atoms with E-state index in [-0.39, 0.29) is 0 Å². The molecular weight excluding hydrogens is 262 g/mol. The summed E-state index contributed by atoms with van der Waals surface area (Å²) in [5.74, 6) is 0. The van der Waals surface area contributed by atoms with E-state index in [1.165, 1.54) is 16.6 Å². The van der Waals surface area contributed by atoms with Gasteiger partial charge in [0.05, 0.1) is 23.4 Å². The number of para-hydroxylation sites is 1.